The molecule has 1 aromatic rings. The zero-order chi connectivity index (χ0) is 13.9. The fourth-order valence-corrected chi connectivity index (χ4v) is 3.88. The lowest BCUT2D eigenvalue weighted by atomic mass is 9.70. The van der Waals surface area contributed by atoms with Crippen LogP contribution in [0.4, 0.5) is 0 Å². The van der Waals surface area contributed by atoms with E-state index in [1.165, 1.54) is 44.1 Å². The molecule has 1 aromatic carbocycles. The predicted molar refractivity (Wildman–Crippen MR) is 85.1 cm³/mol. The first-order chi connectivity index (χ1) is 9.79. The van der Waals surface area contributed by atoms with Crippen LogP contribution in [0.15, 0.2) is 30.3 Å². The number of hydrogen-bond acceptors (Lipinski definition) is 2. The Balaban J connectivity index is 1.76. The molecule has 1 aliphatic heterocycles. The summed E-state index contributed by atoms with van der Waals surface area (Å²) in [5.41, 5.74) is 2.32. The highest BCUT2D eigenvalue weighted by molar-refractivity contribution is 5.27. The van der Waals surface area contributed by atoms with Gasteiger partial charge in [0.25, 0.3) is 0 Å². The molecule has 0 radical (unpaired) electrons. The summed E-state index contributed by atoms with van der Waals surface area (Å²) >= 11 is 0. The molecule has 1 saturated carbocycles. The van der Waals surface area contributed by atoms with Gasteiger partial charge in [0, 0.05) is 17.5 Å². The molecule has 110 valence electrons. The van der Waals surface area contributed by atoms with Gasteiger partial charge in [0.05, 0.1) is 0 Å². The summed E-state index contributed by atoms with van der Waals surface area (Å²) in [7, 11) is 0. The van der Waals surface area contributed by atoms with Crippen molar-refractivity contribution in [2.24, 2.45) is 0 Å². The SMILES string of the molecule is CCC1(NCC2(c3ccccc3)CCNCC2)CCC1. The molecule has 2 heteroatoms. The molecule has 0 bridgehead atoms. The minimum Gasteiger partial charge on any atom is -0.317 e. The lowest BCUT2D eigenvalue weighted by Crippen LogP contribution is -2.56. The van der Waals surface area contributed by atoms with Gasteiger partial charge in [-0.25, -0.2) is 0 Å². The van der Waals surface area contributed by atoms with E-state index in [2.05, 4.69) is 47.9 Å². The third kappa shape index (κ3) is 2.64. The summed E-state index contributed by atoms with van der Waals surface area (Å²) < 4.78 is 0. The van der Waals surface area contributed by atoms with Gasteiger partial charge in [-0.3, -0.25) is 0 Å². The number of hydrogen-bond donors (Lipinski definition) is 2. The zero-order valence-corrected chi connectivity index (χ0v) is 12.8. The molecule has 0 amide bonds. The molecule has 0 aromatic heterocycles. The topological polar surface area (TPSA) is 24.1 Å². The zero-order valence-electron chi connectivity index (χ0n) is 12.8. The summed E-state index contributed by atoms with van der Waals surface area (Å²) in [5, 5.41) is 7.48. The molecule has 2 aliphatic rings. The Hall–Kier alpha value is -0.860. The second-order valence-electron chi connectivity index (χ2n) is 6.74. The molecule has 3 rings (SSSR count). The fourth-order valence-electron chi connectivity index (χ4n) is 3.88. The van der Waals surface area contributed by atoms with Crippen LogP contribution < -0.4 is 10.6 Å². The summed E-state index contributed by atoms with van der Waals surface area (Å²) in [6.07, 6.45) is 7.92. The van der Waals surface area contributed by atoms with E-state index in [1.807, 2.05) is 0 Å². The third-order valence-corrected chi connectivity index (χ3v) is 5.74. The van der Waals surface area contributed by atoms with E-state index in [0.29, 0.717) is 11.0 Å². The van der Waals surface area contributed by atoms with Crippen LogP contribution in [0.1, 0.15) is 51.0 Å². The molecule has 2 N–H and O–H groups in total. The van der Waals surface area contributed by atoms with Crippen molar-refractivity contribution in [2.45, 2.75) is 56.4 Å². The molecular formula is C18H28N2. The first kappa shape index (κ1) is 14.1. The van der Waals surface area contributed by atoms with Gasteiger partial charge >= 0.3 is 0 Å². The largest absolute Gasteiger partial charge is 0.317 e. The van der Waals surface area contributed by atoms with Crippen molar-refractivity contribution in [3.8, 4) is 0 Å². The van der Waals surface area contributed by atoms with Gasteiger partial charge in [-0.15, -0.1) is 0 Å². The summed E-state index contributed by atoms with van der Waals surface area (Å²) in [5.74, 6) is 0. The maximum absolute atomic E-state index is 3.96. The van der Waals surface area contributed by atoms with Crippen LogP contribution in [0.5, 0.6) is 0 Å². The normalized spacial score (nSPS) is 24.1. The van der Waals surface area contributed by atoms with Crippen LogP contribution in [0, 0.1) is 0 Å². The highest BCUT2D eigenvalue weighted by Crippen LogP contribution is 2.38. The molecule has 0 spiro atoms. The van der Waals surface area contributed by atoms with Crippen molar-refractivity contribution in [2.75, 3.05) is 19.6 Å². The van der Waals surface area contributed by atoms with Gasteiger partial charge in [-0.1, -0.05) is 37.3 Å². The van der Waals surface area contributed by atoms with Gasteiger partial charge in [0.15, 0.2) is 0 Å². The number of rotatable bonds is 5. The van der Waals surface area contributed by atoms with Gasteiger partial charge < -0.3 is 10.6 Å². The van der Waals surface area contributed by atoms with Crippen LogP contribution in [0.25, 0.3) is 0 Å². The van der Waals surface area contributed by atoms with Crippen molar-refractivity contribution in [3.63, 3.8) is 0 Å². The van der Waals surface area contributed by atoms with E-state index in [9.17, 15) is 0 Å². The van der Waals surface area contributed by atoms with Crippen LogP contribution >= 0.6 is 0 Å². The second kappa shape index (κ2) is 5.87. The average Bonchev–Trinajstić information content (AvgIpc) is 2.48. The van der Waals surface area contributed by atoms with Crippen LogP contribution in [0.3, 0.4) is 0 Å². The molecule has 1 saturated heterocycles. The second-order valence-corrected chi connectivity index (χ2v) is 6.74. The summed E-state index contributed by atoms with van der Waals surface area (Å²) in [6, 6.07) is 11.2. The molecule has 0 atom stereocenters. The van der Waals surface area contributed by atoms with Crippen LogP contribution in [-0.2, 0) is 5.41 Å². The molecule has 1 aliphatic carbocycles. The van der Waals surface area contributed by atoms with E-state index < -0.39 is 0 Å². The standard InChI is InChI=1S/C18H28N2/c1-2-18(9-6-10-18)20-15-17(11-13-19-14-12-17)16-7-4-3-5-8-16/h3-5,7-8,19-20H,2,6,9-15H2,1H3. The minimum absolute atomic E-state index is 0.338. The Labute approximate surface area is 123 Å². The maximum Gasteiger partial charge on any atom is 0.0179 e. The highest BCUT2D eigenvalue weighted by atomic mass is 15.0. The predicted octanol–water partition coefficient (Wildman–Crippen LogP) is 3.23. The summed E-state index contributed by atoms with van der Waals surface area (Å²) in [4.78, 5) is 0. The minimum atomic E-state index is 0.338. The molecule has 1 heterocycles. The first-order valence-electron chi connectivity index (χ1n) is 8.30. The molecule has 0 unspecified atom stereocenters. The fraction of sp³-hybridized carbons (Fsp3) is 0.667. The van der Waals surface area contributed by atoms with Gasteiger partial charge in [0.1, 0.15) is 0 Å². The van der Waals surface area contributed by atoms with Crippen molar-refractivity contribution < 1.29 is 0 Å². The number of benzene rings is 1. The number of piperidine rings is 1. The third-order valence-electron chi connectivity index (χ3n) is 5.74. The van der Waals surface area contributed by atoms with Gasteiger partial charge in [-0.05, 0) is 57.2 Å². The van der Waals surface area contributed by atoms with Gasteiger partial charge in [0.2, 0.25) is 0 Å². The lowest BCUT2D eigenvalue weighted by molar-refractivity contribution is 0.152. The van der Waals surface area contributed by atoms with Crippen molar-refractivity contribution in [1.82, 2.24) is 10.6 Å². The molecule has 2 nitrogen and oxygen atoms in total. The Morgan fingerprint density at radius 3 is 2.30 bits per heavy atom. The molecule has 2 fully saturated rings. The van der Waals surface area contributed by atoms with Crippen LogP contribution in [0.2, 0.25) is 0 Å². The van der Waals surface area contributed by atoms with E-state index >= 15 is 0 Å². The summed E-state index contributed by atoms with van der Waals surface area (Å²) in [6.45, 7) is 5.78. The highest BCUT2D eigenvalue weighted by Gasteiger charge is 2.39. The van der Waals surface area contributed by atoms with Crippen molar-refractivity contribution in [3.05, 3.63) is 35.9 Å². The van der Waals surface area contributed by atoms with E-state index in [-0.39, 0.29) is 0 Å². The van der Waals surface area contributed by atoms with Gasteiger partial charge in [-0.2, -0.15) is 0 Å². The number of nitrogens with one attached hydrogen (secondary N) is 2. The Morgan fingerprint density at radius 2 is 1.75 bits per heavy atom. The van der Waals surface area contributed by atoms with Crippen molar-refractivity contribution in [1.29, 1.82) is 0 Å². The maximum atomic E-state index is 3.96. The Morgan fingerprint density at radius 1 is 1.05 bits per heavy atom. The van der Waals surface area contributed by atoms with E-state index in [4.69, 9.17) is 0 Å². The molecule has 20 heavy (non-hydrogen) atoms. The molecular weight excluding hydrogens is 244 g/mol. The van der Waals surface area contributed by atoms with E-state index in [1.54, 1.807) is 0 Å². The lowest BCUT2D eigenvalue weighted by Gasteiger charge is -2.47. The quantitative estimate of drug-likeness (QED) is 0.860. The Kier molecular flexibility index (Phi) is 4.13. The monoisotopic (exact) mass is 272 g/mol. The van der Waals surface area contributed by atoms with E-state index in [0.717, 1.165) is 19.6 Å². The van der Waals surface area contributed by atoms with Crippen LogP contribution in [-0.4, -0.2) is 25.2 Å². The van der Waals surface area contributed by atoms with Crippen molar-refractivity contribution >= 4 is 0 Å². The smallest absolute Gasteiger partial charge is 0.0179 e. The average molecular weight is 272 g/mol. The Bertz CT molecular complexity index is 411. The first-order valence-corrected chi connectivity index (χ1v) is 8.30.